The minimum atomic E-state index is -0.547. The highest BCUT2D eigenvalue weighted by Gasteiger charge is 2.35. The fraction of sp³-hybridized carbons (Fsp3) is 0.400. The number of likely N-dealkylation sites (tertiary alicyclic amines) is 1. The SMILES string of the molecule is CC(COc1cccc(F)c1)OC(=O)C1CCCN1C(=O)Cc1cccs1. The third-order valence-electron chi connectivity index (χ3n) is 4.35. The standard InChI is InChI=1S/C20H22FNO4S/c1-14(13-25-16-6-2-5-15(21)11-16)26-20(24)18-8-3-9-22(18)19(23)12-17-7-4-10-27-17/h2,4-7,10-11,14,18H,3,8-9,12-13H2,1H3. The molecule has 0 N–H and O–H groups in total. The Balaban J connectivity index is 1.50. The van der Waals surface area contributed by atoms with Gasteiger partial charge < -0.3 is 14.4 Å². The Bertz CT molecular complexity index is 780. The predicted molar refractivity (Wildman–Crippen MR) is 100 cm³/mol. The number of nitrogens with zero attached hydrogens (tertiary/aromatic N) is 1. The van der Waals surface area contributed by atoms with Crippen LogP contribution in [0.25, 0.3) is 0 Å². The number of hydrogen-bond donors (Lipinski definition) is 0. The first-order valence-corrected chi connectivity index (χ1v) is 9.81. The molecule has 7 heteroatoms. The first-order valence-electron chi connectivity index (χ1n) is 8.93. The molecule has 144 valence electrons. The Hall–Kier alpha value is -2.41. The van der Waals surface area contributed by atoms with Gasteiger partial charge in [0, 0.05) is 17.5 Å². The Morgan fingerprint density at radius 1 is 1.33 bits per heavy atom. The number of thiophene rings is 1. The molecule has 2 heterocycles. The van der Waals surface area contributed by atoms with Gasteiger partial charge in [-0.15, -0.1) is 11.3 Å². The van der Waals surface area contributed by atoms with Gasteiger partial charge in [-0.25, -0.2) is 9.18 Å². The van der Waals surface area contributed by atoms with E-state index < -0.39 is 18.1 Å². The van der Waals surface area contributed by atoms with Crippen molar-refractivity contribution in [1.82, 2.24) is 4.90 Å². The average molecular weight is 391 g/mol. The summed E-state index contributed by atoms with van der Waals surface area (Å²) in [6, 6.07) is 9.07. The number of halogens is 1. The van der Waals surface area contributed by atoms with E-state index in [1.165, 1.54) is 23.5 Å². The van der Waals surface area contributed by atoms with Gasteiger partial charge >= 0.3 is 5.97 Å². The smallest absolute Gasteiger partial charge is 0.329 e. The molecule has 1 aromatic heterocycles. The van der Waals surface area contributed by atoms with Crippen molar-refractivity contribution < 1.29 is 23.5 Å². The Morgan fingerprint density at radius 2 is 2.19 bits per heavy atom. The summed E-state index contributed by atoms with van der Waals surface area (Å²) in [5.74, 6) is -0.475. The van der Waals surface area contributed by atoms with Gasteiger partial charge in [-0.3, -0.25) is 4.79 Å². The topological polar surface area (TPSA) is 55.8 Å². The van der Waals surface area contributed by atoms with Gasteiger partial charge in [-0.05, 0) is 43.3 Å². The maximum absolute atomic E-state index is 13.2. The zero-order valence-corrected chi connectivity index (χ0v) is 15.9. The lowest BCUT2D eigenvalue weighted by molar-refractivity contribution is -0.158. The molecule has 5 nitrogen and oxygen atoms in total. The van der Waals surface area contributed by atoms with Crippen LogP contribution in [0.4, 0.5) is 4.39 Å². The molecule has 3 rings (SSSR count). The summed E-state index contributed by atoms with van der Waals surface area (Å²) in [5, 5.41) is 1.93. The van der Waals surface area contributed by atoms with E-state index in [1.807, 2.05) is 17.5 Å². The second kappa shape index (κ2) is 8.99. The minimum Gasteiger partial charge on any atom is -0.490 e. The molecule has 0 aliphatic carbocycles. The van der Waals surface area contributed by atoms with Crippen LogP contribution in [0.2, 0.25) is 0 Å². The third-order valence-corrected chi connectivity index (χ3v) is 5.23. The highest BCUT2D eigenvalue weighted by molar-refractivity contribution is 7.10. The molecular formula is C20H22FNO4S. The maximum atomic E-state index is 13.2. The van der Waals surface area contributed by atoms with Crippen molar-refractivity contribution in [2.24, 2.45) is 0 Å². The maximum Gasteiger partial charge on any atom is 0.329 e. The normalized spacial score (nSPS) is 17.6. The largest absolute Gasteiger partial charge is 0.490 e. The minimum absolute atomic E-state index is 0.0550. The van der Waals surface area contributed by atoms with Crippen LogP contribution in [-0.2, 0) is 20.7 Å². The first kappa shape index (κ1) is 19.4. The van der Waals surface area contributed by atoms with Gasteiger partial charge in [0.05, 0.1) is 6.42 Å². The molecule has 0 bridgehead atoms. The van der Waals surface area contributed by atoms with Crippen LogP contribution in [0.5, 0.6) is 5.75 Å². The second-order valence-electron chi connectivity index (χ2n) is 6.52. The monoisotopic (exact) mass is 391 g/mol. The lowest BCUT2D eigenvalue weighted by Gasteiger charge is -2.24. The van der Waals surface area contributed by atoms with E-state index in [4.69, 9.17) is 9.47 Å². The van der Waals surface area contributed by atoms with Crippen LogP contribution in [0.15, 0.2) is 41.8 Å². The highest BCUT2D eigenvalue weighted by Crippen LogP contribution is 2.22. The molecule has 1 amide bonds. The van der Waals surface area contributed by atoms with E-state index >= 15 is 0 Å². The molecule has 1 aromatic carbocycles. The quantitative estimate of drug-likeness (QED) is 0.679. The summed E-state index contributed by atoms with van der Waals surface area (Å²) in [6.45, 7) is 2.40. The second-order valence-corrected chi connectivity index (χ2v) is 7.55. The van der Waals surface area contributed by atoms with Crippen molar-refractivity contribution in [2.45, 2.75) is 38.3 Å². The summed E-state index contributed by atoms with van der Waals surface area (Å²) in [5.41, 5.74) is 0. The van der Waals surface area contributed by atoms with E-state index in [-0.39, 0.29) is 18.3 Å². The molecular weight excluding hydrogens is 369 g/mol. The van der Waals surface area contributed by atoms with Crippen LogP contribution < -0.4 is 4.74 Å². The van der Waals surface area contributed by atoms with Gasteiger partial charge in [0.1, 0.15) is 30.3 Å². The fourth-order valence-electron chi connectivity index (χ4n) is 3.06. The molecule has 1 aliphatic rings. The molecule has 1 saturated heterocycles. The molecule has 1 aliphatic heterocycles. The lowest BCUT2D eigenvalue weighted by Crippen LogP contribution is -2.43. The molecule has 1 fully saturated rings. The zero-order valence-electron chi connectivity index (χ0n) is 15.1. The van der Waals surface area contributed by atoms with Gasteiger partial charge in [0.15, 0.2) is 0 Å². The zero-order chi connectivity index (χ0) is 19.2. The summed E-state index contributed by atoms with van der Waals surface area (Å²) in [7, 11) is 0. The number of ether oxygens (including phenoxy) is 2. The van der Waals surface area contributed by atoms with E-state index in [0.29, 0.717) is 25.1 Å². The number of carbonyl (C=O) groups excluding carboxylic acids is 2. The molecule has 0 radical (unpaired) electrons. The van der Waals surface area contributed by atoms with Crippen LogP contribution in [-0.4, -0.2) is 42.1 Å². The number of esters is 1. The van der Waals surface area contributed by atoms with E-state index in [2.05, 4.69) is 0 Å². The number of hydrogen-bond acceptors (Lipinski definition) is 5. The van der Waals surface area contributed by atoms with Crippen molar-refractivity contribution in [1.29, 1.82) is 0 Å². The highest BCUT2D eigenvalue weighted by atomic mass is 32.1. The fourth-order valence-corrected chi connectivity index (χ4v) is 3.75. The number of rotatable bonds is 7. The van der Waals surface area contributed by atoms with Crippen LogP contribution >= 0.6 is 11.3 Å². The lowest BCUT2D eigenvalue weighted by atomic mass is 10.2. The van der Waals surface area contributed by atoms with Crippen molar-refractivity contribution in [3.05, 3.63) is 52.5 Å². The van der Waals surface area contributed by atoms with Gasteiger partial charge in [0.25, 0.3) is 0 Å². The van der Waals surface area contributed by atoms with Crippen LogP contribution in [0.1, 0.15) is 24.6 Å². The number of carbonyl (C=O) groups is 2. The molecule has 2 aromatic rings. The summed E-state index contributed by atoms with van der Waals surface area (Å²) >= 11 is 1.53. The Morgan fingerprint density at radius 3 is 2.93 bits per heavy atom. The third kappa shape index (κ3) is 5.29. The van der Waals surface area contributed by atoms with Crippen LogP contribution in [0, 0.1) is 5.82 Å². The molecule has 2 atom stereocenters. The van der Waals surface area contributed by atoms with Crippen LogP contribution in [0.3, 0.4) is 0 Å². The molecule has 0 saturated carbocycles. The van der Waals surface area contributed by atoms with Crippen molar-refractivity contribution in [2.75, 3.05) is 13.2 Å². The summed E-state index contributed by atoms with van der Waals surface area (Å²) < 4.78 is 24.1. The number of amides is 1. The van der Waals surface area contributed by atoms with Crippen molar-refractivity contribution in [3.8, 4) is 5.75 Å². The summed E-state index contributed by atoms with van der Waals surface area (Å²) in [4.78, 5) is 27.6. The van der Waals surface area contributed by atoms with Gasteiger partial charge in [0.2, 0.25) is 5.91 Å². The molecule has 2 unspecified atom stereocenters. The van der Waals surface area contributed by atoms with Gasteiger partial charge in [-0.1, -0.05) is 12.1 Å². The predicted octanol–water partition coefficient (Wildman–Crippen LogP) is 3.43. The first-order chi connectivity index (χ1) is 13.0. The molecule has 0 spiro atoms. The Kier molecular flexibility index (Phi) is 6.45. The summed E-state index contributed by atoms with van der Waals surface area (Å²) in [6.07, 6.45) is 1.19. The van der Waals surface area contributed by atoms with E-state index in [9.17, 15) is 14.0 Å². The van der Waals surface area contributed by atoms with Gasteiger partial charge in [-0.2, -0.15) is 0 Å². The van der Waals surface area contributed by atoms with E-state index in [1.54, 1.807) is 24.0 Å². The van der Waals surface area contributed by atoms with Crippen molar-refractivity contribution >= 4 is 23.2 Å². The average Bonchev–Trinajstić information content (AvgIpc) is 3.31. The van der Waals surface area contributed by atoms with E-state index in [0.717, 1.165) is 11.3 Å². The Labute approximate surface area is 161 Å². The number of benzene rings is 1. The van der Waals surface area contributed by atoms with Crippen molar-refractivity contribution in [3.63, 3.8) is 0 Å². The molecule has 27 heavy (non-hydrogen) atoms.